The van der Waals surface area contributed by atoms with Crippen molar-refractivity contribution in [2.45, 2.75) is 18.0 Å². The second kappa shape index (κ2) is 5.96. The molecule has 1 aromatic heterocycles. The largest absolute Gasteiger partial charge is 0.326 e. The Morgan fingerprint density at radius 1 is 1.20 bits per heavy atom. The molecular weight excluding hydrogens is 306 g/mol. The van der Waals surface area contributed by atoms with E-state index in [4.69, 9.17) is 5.73 Å². The summed E-state index contributed by atoms with van der Waals surface area (Å²) in [7, 11) is -3.72. The smallest absolute Gasteiger partial charge is 0.242 e. The van der Waals surface area contributed by atoms with Crippen LogP contribution in [0.15, 0.2) is 34.5 Å². The average molecular weight is 318 g/mol. The monoisotopic (exact) mass is 318 g/mol. The second-order valence-corrected chi connectivity index (χ2v) is 6.72. The average Bonchev–Trinajstić information content (AvgIpc) is 2.89. The van der Waals surface area contributed by atoms with E-state index >= 15 is 0 Å². The summed E-state index contributed by atoms with van der Waals surface area (Å²) < 4.78 is 52.3. The standard InChI is InChI=1S/C12H12F2N2O2S2/c13-9-2-1-8(5-10(9)14)7-16-20(17,18)12-3-4-19-11(12)6-15/h1-5,16H,6-7,15H2. The number of nitrogens with two attached hydrogens (primary N) is 1. The van der Waals surface area contributed by atoms with Gasteiger partial charge < -0.3 is 5.73 Å². The first-order valence-corrected chi connectivity index (χ1v) is 8.00. The van der Waals surface area contributed by atoms with Crippen LogP contribution in [0.5, 0.6) is 0 Å². The van der Waals surface area contributed by atoms with Crippen molar-refractivity contribution >= 4 is 21.4 Å². The van der Waals surface area contributed by atoms with E-state index in [0.717, 1.165) is 12.1 Å². The molecule has 0 radical (unpaired) electrons. The Hall–Kier alpha value is -1.35. The van der Waals surface area contributed by atoms with Gasteiger partial charge >= 0.3 is 0 Å². The summed E-state index contributed by atoms with van der Waals surface area (Å²) in [5.41, 5.74) is 5.79. The SMILES string of the molecule is NCc1sccc1S(=O)(=O)NCc1ccc(F)c(F)c1. The minimum atomic E-state index is -3.72. The summed E-state index contributed by atoms with van der Waals surface area (Å²) in [5.74, 6) is -1.99. The molecule has 0 bridgehead atoms. The zero-order valence-corrected chi connectivity index (χ0v) is 11.9. The number of thiophene rings is 1. The molecular formula is C12H12F2N2O2S2. The number of hydrogen-bond acceptors (Lipinski definition) is 4. The Morgan fingerprint density at radius 3 is 2.60 bits per heavy atom. The first-order valence-electron chi connectivity index (χ1n) is 5.64. The molecule has 0 atom stereocenters. The minimum absolute atomic E-state index is 0.118. The van der Waals surface area contributed by atoms with Gasteiger partial charge in [-0.1, -0.05) is 6.07 Å². The van der Waals surface area contributed by atoms with E-state index in [1.807, 2.05) is 0 Å². The van der Waals surface area contributed by atoms with Crippen LogP contribution in [-0.4, -0.2) is 8.42 Å². The van der Waals surface area contributed by atoms with Gasteiger partial charge in [-0.15, -0.1) is 11.3 Å². The zero-order valence-electron chi connectivity index (χ0n) is 10.3. The molecule has 0 fully saturated rings. The predicted octanol–water partition coefficient (Wildman–Crippen LogP) is 1.96. The van der Waals surface area contributed by atoms with Crippen molar-refractivity contribution in [1.82, 2.24) is 4.72 Å². The van der Waals surface area contributed by atoms with Crippen LogP contribution in [0.1, 0.15) is 10.4 Å². The third-order valence-electron chi connectivity index (χ3n) is 2.63. The Labute approximate surface area is 119 Å². The number of sulfonamides is 1. The molecule has 0 aliphatic rings. The number of nitrogens with one attached hydrogen (secondary N) is 1. The zero-order chi connectivity index (χ0) is 14.8. The molecule has 0 amide bonds. The van der Waals surface area contributed by atoms with Gasteiger partial charge in [0.25, 0.3) is 0 Å². The summed E-state index contributed by atoms with van der Waals surface area (Å²) in [6.07, 6.45) is 0. The topological polar surface area (TPSA) is 72.2 Å². The summed E-state index contributed by atoms with van der Waals surface area (Å²) in [5, 5.41) is 1.63. The van der Waals surface area contributed by atoms with E-state index in [1.165, 1.54) is 23.5 Å². The summed E-state index contributed by atoms with van der Waals surface area (Å²) >= 11 is 1.25. The quantitative estimate of drug-likeness (QED) is 0.885. The molecule has 0 unspecified atom stereocenters. The van der Waals surface area contributed by atoms with Gasteiger partial charge in [-0.2, -0.15) is 0 Å². The highest BCUT2D eigenvalue weighted by atomic mass is 32.2. The first kappa shape index (κ1) is 15.0. The van der Waals surface area contributed by atoms with Crippen LogP contribution in [0.4, 0.5) is 8.78 Å². The lowest BCUT2D eigenvalue weighted by Gasteiger charge is -2.07. The van der Waals surface area contributed by atoms with E-state index in [0.29, 0.717) is 10.4 Å². The van der Waals surface area contributed by atoms with E-state index in [9.17, 15) is 17.2 Å². The lowest BCUT2D eigenvalue weighted by molar-refractivity contribution is 0.506. The van der Waals surface area contributed by atoms with Gasteiger partial charge in [-0.25, -0.2) is 21.9 Å². The number of rotatable bonds is 5. The van der Waals surface area contributed by atoms with Gasteiger partial charge in [0.2, 0.25) is 10.0 Å². The molecule has 8 heteroatoms. The van der Waals surface area contributed by atoms with Crippen LogP contribution in [-0.2, 0) is 23.1 Å². The first-order chi connectivity index (χ1) is 9.44. The van der Waals surface area contributed by atoms with Gasteiger partial charge in [-0.3, -0.25) is 0 Å². The summed E-state index contributed by atoms with van der Waals surface area (Å²) in [4.78, 5) is 0.662. The molecule has 1 aromatic carbocycles. The van der Waals surface area contributed by atoms with Gasteiger partial charge in [0.1, 0.15) is 0 Å². The molecule has 0 aliphatic heterocycles. The molecule has 0 saturated heterocycles. The van der Waals surface area contributed by atoms with Crippen molar-refractivity contribution in [2.24, 2.45) is 5.73 Å². The van der Waals surface area contributed by atoms with E-state index in [-0.39, 0.29) is 18.0 Å². The molecule has 2 aromatic rings. The van der Waals surface area contributed by atoms with Crippen LogP contribution < -0.4 is 10.5 Å². The maximum atomic E-state index is 13.0. The fraction of sp³-hybridized carbons (Fsp3) is 0.167. The molecule has 3 N–H and O–H groups in total. The maximum Gasteiger partial charge on any atom is 0.242 e. The van der Waals surface area contributed by atoms with Crippen LogP contribution in [0.3, 0.4) is 0 Å². The fourth-order valence-corrected chi connectivity index (χ4v) is 3.97. The molecule has 108 valence electrons. The number of benzene rings is 1. The van der Waals surface area contributed by atoms with Crippen molar-refractivity contribution < 1.29 is 17.2 Å². The van der Waals surface area contributed by atoms with Crippen molar-refractivity contribution in [3.05, 3.63) is 51.7 Å². The summed E-state index contributed by atoms with van der Waals surface area (Å²) in [6, 6.07) is 4.68. The van der Waals surface area contributed by atoms with Crippen molar-refractivity contribution in [1.29, 1.82) is 0 Å². The second-order valence-electron chi connectivity index (χ2n) is 3.99. The Bertz CT molecular complexity index is 714. The maximum absolute atomic E-state index is 13.0. The Morgan fingerprint density at radius 2 is 1.95 bits per heavy atom. The lowest BCUT2D eigenvalue weighted by atomic mass is 10.2. The summed E-state index contributed by atoms with van der Waals surface area (Å²) in [6.45, 7) is -0.00151. The third kappa shape index (κ3) is 3.21. The highest BCUT2D eigenvalue weighted by Gasteiger charge is 2.18. The molecule has 2 rings (SSSR count). The van der Waals surface area contributed by atoms with E-state index < -0.39 is 21.7 Å². The highest BCUT2D eigenvalue weighted by Crippen LogP contribution is 2.21. The Balaban J connectivity index is 2.15. The van der Waals surface area contributed by atoms with Crippen LogP contribution in [0.2, 0.25) is 0 Å². The number of hydrogen-bond donors (Lipinski definition) is 2. The fourth-order valence-electron chi connectivity index (χ4n) is 1.62. The molecule has 0 spiro atoms. The van der Waals surface area contributed by atoms with Gasteiger partial charge in [0.05, 0.1) is 4.90 Å². The lowest BCUT2D eigenvalue weighted by Crippen LogP contribution is -2.24. The highest BCUT2D eigenvalue weighted by molar-refractivity contribution is 7.89. The van der Waals surface area contributed by atoms with Gasteiger partial charge in [0, 0.05) is 18.0 Å². The minimum Gasteiger partial charge on any atom is -0.326 e. The van der Waals surface area contributed by atoms with Crippen LogP contribution in [0, 0.1) is 11.6 Å². The Kier molecular flexibility index (Phi) is 4.48. The van der Waals surface area contributed by atoms with Gasteiger partial charge in [-0.05, 0) is 29.1 Å². The van der Waals surface area contributed by atoms with Gasteiger partial charge in [0.15, 0.2) is 11.6 Å². The predicted molar refractivity (Wildman–Crippen MR) is 72.6 cm³/mol. The molecule has 0 saturated carbocycles. The third-order valence-corrected chi connectivity index (χ3v) is 5.19. The van der Waals surface area contributed by atoms with E-state index in [1.54, 1.807) is 5.38 Å². The molecule has 4 nitrogen and oxygen atoms in total. The molecule has 20 heavy (non-hydrogen) atoms. The van der Waals surface area contributed by atoms with Crippen LogP contribution in [0.25, 0.3) is 0 Å². The van der Waals surface area contributed by atoms with Crippen molar-refractivity contribution in [2.75, 3.05) is 0 Å². The normalized spacial score (nSPS) is 11.8. The molecule has 0 aliphatic carbocycles. The number of halogens is 2. The van der Waals surface area contributed by atoms with Crippen molar-refractivity contribution in [3.8, 4) is 0 Å². The van der Waals surface area contributed by atoms with Crippen molar-refractivity contribution in [3.63, 3.8) is 0 Å². The van der Waals surface area contributed by atoms with E-state index in [2.05, 4.69) is 4.72 Å². The molecule has 1 heterocycles. The van der Waals surface area contributed by atoms with Crippen LogP contribution >= 0.6 is 11.3 Å².